The number of carbonyl (C=O) groups excluding carboxylic acids is 2. The molecule has 1 aromatic carbocycles. The van der Waals surface area contributed by atoms with E-state index < -0.39 is 12.0 Å². The van der Waals surface area contributed by atoms with Gasteiger partial charge in [-0.05, 0) is 25.1 Å². The molecule has 0 bridgehead atoms. The van der Waals surface area contributed by atoms with Crippen molar-refractivity contribution in [2.75, 3.05) is 0 Å². The number of primary amides is 1. The van der Waals surface area contributed by atoms with E-state index in [1.165, 1.54) is 19.1 Å². The minimum atomic E-state index is -0.760. The molecule has 0 aromatic heterocycles. The molecule has 4 nitrogen and oxygen atoms in total. The normalized spacial score (nSPS) is 11.9. The number of ether oxygens (including phenoxy) is 1. The summed E-state index contributed by atoms with van der Waals surface area (Å²) in [7, 11) is 0. The van der Waals surface area contributed by atoms with Crippen LogP contribution in [0.5, 0.6) is 5.75 Å². The highest BCUT2D eigenvalue weighted by Crippen LogP contribution is 2.25. The predicted molar refractivity (Wildman–Crippen MR) is 56.1 cm³/mol. The van der Waals surface area contributed by atoms with Crippen molar-refractivity contribution in [1.82, 2.24) is 0 Å². The van der Waals surface area contributed by atoms with Gasteiger partial charge in [0.15, 0.2) is 6.10 Å². The number of nitrogens with two attached hydrogens (primary N) is 1. The van der Waals surface area contributed by atoms with E-state index in [1.54, 1.807) is 6.07 Å². The minimum Gasteiger partial charge on any atom is -0.479 e. The van der Waals surface area contributed by atoms with Gasteiger partial charge in [0, 0.05) is 5.56 Å². The zero-order valence-corrected chi connectivity index (χ0v) is 8.82. The molecule has 0 saturated carbocycles. The Labute approximate surface area is 92.0 Å². The Bertz CT molecular complexity index is 392. The van der Waals surface area contributed by atoms with E-state index in [0.717, 1.165) is 0 Å². The van der Waals surface area contributed by atoms with Gasteiger partial charge in [-0.25, -0.2) is 0 Å². The fourth-order valence-corrected chi connectivity index (χ4v) is 1.17. The third-order valence-electron chi connectivity index (χ3n) is 1.80. The number of hydrogen-bond donors (Lipinski definition) is 1. The fraction of sp³-hybridized carbons (Fsp3) is 0.200. The Kier molecular flexibility index (Phi) is 3.68. The molecular formula is C10H10ClNO3. The Morgan fingerprint density at radius 2 is 2.27 bits per heavy atom. The van der Waals surface area contributed by atoms with E-state index in [9.17, 15) is 9.59 Å². The highest BCUT2D eigenvalue weighted by molar-refractivity contribution is 6.32. The van der Waals surface area contributed by atoms with Gasteiger partial charge in [0.05, 0.1) is 5.02 Å². The first kappa shape index (κ1) is 11.5. The molecule has 15 heavy (non-hydrogen) atoms. The van der Waals surface area contributed by atoms with Crippen LogP contribution in [0.25, 0.3) is 0 Å². The maximum atomic E-state index is 10.7. The summed E-state index contributed by atoms with van der Waals surface area (Å²) in [5, 5.41) is 0.271. The molecule has 1 aromatic rings. The van der Waals surface area contributed by atoms with Crippen molar-refractivity contribution >= 4 is 23.8 Å². The SMILES string of the molecule is CC(Oc1ccc(C=O)cc1Cl)C(N)=O. The van der Waals surface area contributed by atoms with Crippen LogP contribution in [0.2, 0.25) is 5.02 Å². The molecule has 5 heteroatoms. The maximum absolute atomic E-state index is 10.7. The van der Waals surface area contributed by atoms with Crippen LogP contribution in [0, 0.1) is 0 Å². The second-order valence-electron chi connectivity index (χ2n) is 2.97. The third kappa shape index (κ3) is 2.95. The van der Waals surface area contributed by atoms with Gasteiger partial charge in [-0.2, -0.15) is 0 Å². The second kappa shape index (κ2) is 4.79. The van der Waals surface area contributed by atoms with Crippen molar-refractivity contribution in [3.05, 3.63) is 28.8 Å². The first-order chi connectivity index (χ1) is 7.04. The first-order valence-corrected chi connectivity index (χ1v) is 4.63. The molecule has 0 aliphatic carbocycles. The number of hydrogen-bond acceptors (Lipinski definition) is 3. The Balaban J connectivity index is 2.87. The molecule has 0 fully saturated rings. The molecule has 0 spiro atoms. The van der Waals surface area contributed by atoms with E-state index >= 15 is 0 Å². The Hall–Kier alpha value is -1.55. The van der Waals surface area contributed by atoms with Crippen molar-refractivity contribution in [3.63, 3.8) is 0 Å². The molecule has 1 rings (SSSR count). The summed E-state index contributed by atoms with van der Waals surface area (Å²) >= 11 is 5.82. The van der Waals surface area contributed by atoms with Gasteiger partial charge in [-0.15, -0.1) is 0 Å². The van der Waals surface area contributed by atoms with Gasteiger partial charge < -0.3 is 10.5 Å². The van der Waals surface area contributed by atoms with Crippen molar-refractivity contribution in [2.24, 2.45) is 5.73 Å². The summed E-state index contributed by atoms with van der Waals surface area (Å²) in [6.45, 7) is 1.52. The summed E-state index contributed by atoms with van der Waals surface area (Å²) in [5.74, 6) is -0.251. The molecule has 1 atom stereocenters. The molecule has 2 N–H and O–H groups in total. The number of aldehydes is 1. The molecular weight excluding hydrogens is 218 g/mol. The molecule has 1 amide bonds. The zero-order chi connectivity index (χ0) is 11.4. The van der Waals surface area contributed by atoms with Crippen LogP contribution in [-0.4, -0.2) is 18.3 Å². The summed E-state index contributed by atoms with van der Waals surface area (Å²) in [4.78, 5) is 21.2. The lowest BCUT2D eigenvalue weighted by molar-refractivity contribution is -0.123. The van der Waals surface area contributed by atoms with Crippen LogP contribution < -0.4 is 10.5 Å². The van der Waals surface area contributed by atoms with Crippen LogP contribution in [0.1, 0.15) is 17.3 Å². The predicted octanol–water partition coefficient (Wildman–Crippen LogP) is 1.41. The van der Waals surface area contributed by atoms with Crippen LogP contribution in [0.3, 0.4) is 0 Å². The number of benzene rings is 1. The standard InChI is InChI=1S/C10H10ClNO3/c1-6(10(12)14)15-9-3-2-7(5-13)4-8(9)11/h2-6H,1H3,(H2,12,14). The van der Waals surface area contributed by atoms with Gasteiger partial charge in [-0.3, -0.25) is 9.59 Å². The number of rotatable bonds is 4. The molecule has 0 radical (unpaired) electrons. The third-order valence-corrected chi connectivity index (χ3v) is 2.09. The monoisotopic (exact) mass is 227 g/mol. The summed E-state index contributed by atoms with van der Waals surface area (Å²) in [5.41, 5.74) is 5.47. The fourth-order valence-electron chi connectivity index (χ4n) is 0.934. The lowest BCUT2D eigenvalue weighted by Crippen LogP contribution is -2.30. The lowest BCUT2D eigenvalue weighted by Gasteiger charge is -2.12. The van der Waals surface area contributed by atoms with Gasteiger partial charge in [-0.1, -0.05) is 11.6 Å². The number of halogens is 1. The molecule has 0 aliphatic rings. The van der Waals surface area contributed by atoms with Crippen molar-refractivity contribution in [2.45, 2.75) is 13.0 Å². The average molecular weight is 228 g/mol. The molecule has 0 aliphatic heterocycles. The van der Waals surface area contributed by atoms with Crippen LogP contribution in [0.4, 0.5) is 0 Å². The molecule has 80 valence electrons. The first-order valence-electron chi connectivity index (χ1n) is 4.25. The average Bonchev–Trinajstić information content (AvgIpc) is 2.20. The van der Waals surface area contributed by atoms with E-state index in [-0.39, 0.29) is 5.02 Å². The highest BCUT2D eigenvalue weighted by atomic mass is 35.5. The lowest BCUT2D eigenvalue weighted by atomic mass is 10.2. The number of amides is 1. The van der Waals surface area contributed by atoms with E-state index in [2.05, 4.69) is 0 Å². The largest absolute Gasteiger partial charge is 0.479 e. The van der Waals surface area contributed by atoms with Crippen molar-refractivity contribution in [3.8, 4) is 5.75 Å². The van der Waals surface area contributed by atoms with Gasteiger partial charge in [0.25, 0.3) is 5.91 Å². The summed E-state index contributed by atoms with van der Waals surface area (Å²) < 4.78 is 5.18. The summed E-state index contributed by atoms with van der Waals surface area (Å²) in [6.07, 6.45) is -0.0859. The topological polar surface area (TPSA) is 69.4 Å². The minimum absolute atomic E-state index is 0.271. The maximum Gasteiger partial charge on any atom is 0.258 e. The smallest absolute Gasteiger partial charge is 0.258 e. The Morgan fingerprint density at radius 3 is 2.73 bits per heavy atom. The van der Waals surface area contributed by atoms with Gasteiger partial charge in [0.1, 0.15) is 12.0 Å². The van der Waals surface area contributed by atoms with Crippen molar-refractivity contribution in [1.29, 1.82) is 0 Å². The number of carbonyl (C=O) groups is 2. The van der Waals surface area contributed by atoms with E-state index in [0.29, 0.717) is 17.6 Å². The highest BCUT2D eigenvalue weighted by Gasteiger charge is 2.12. The molecule has 0 saturated heterocycles. The van der Waals surface area contributed by atoms with E-state index in [1.807, 2.05) is 0 Å². The van der Waals surface area contributed by atoms with Crippen LogP contribution >= 0.6 is 11.6 Å². The van der Waals surface area contributed by atoms with Crippen molar-refractivity contribution < 1.29 is 14.3 Å². The molecule has 1 unspecified atom stereocenters. The van der Waals surface area contributed by atoms with Gasteiger partial charge >= 0.3 is 0 Å². The molecule has 0 heterocycles. The van der Waals surface area contributed by atoms with Gasteiger partial charge in [0.2, 0.25) is 0 Å². The Morgan fingerprint density at radius 1 is 1.60 bits per heavy atom. The zero-order valence-electron chi connectivity index (χ0n) is 8.07. The van der Waals surface area contributed by atoms with Crippen LogP contribution in [0.15, 0.2) is 18.2 Å². The van der Waals surface area contributed by atoms with E-state index in [4.69, 9.17) is 22.1 Å². The second-order valence-corrected chi connectivity index (χ2v) is 3.38. The summed E-state index contributed by atoms with van der Waals surface area (Å²) in [6, 6.07) is 4.52. The van der Waals surface area contributed by atoms with Crippen LogP contribution in [-0.2, 0) is 4.79 Å². The quantitative estimate of drug-likeness (QED) is 0.791.